The van der Waals surface area contributed by atoms with Gasteiger partial charge in [0.25, 0.3) is 0 Å². The molecule has 0 saturated carbocycles. The fourth-order valence-corrected chi connectivity index (χ4v) is 2.58. The molecule has 1 heterocycles. The van der Waals surface area contributed by atoms with Gasteiger partial charge in [0.05, 0.1) is 14.2 Å². The minimum Gasteiger partial charge on any atom is -0.493 e. The van der Waals surface area contributed by atoms with Gasteiger partial charge >= 0.3 is 0 Å². The topological polar surface area (TPSA) is 72.7 Å². The van der Waals surface area contributed by atoms with Crippen LogP contribution in [0.5, 0.6) is 11.5 Å². The first-order valence-electron chi connectivity index (χ1n) is 8.93. The minimum absolute atomic E-state index is 0. The predicted octanol–water partition coefficient (Wildman–Crippen LogP) is 3.68. The van der Waals surface area contributed by atoms with E-state index in [1.165, 1.54) is 0 Å². The number of aliphatic imine (C=N–C) groups is 1. The number of unbranched alkanes of at least 4 members (excludes halogenated alkanes) is 1. The highest BCUT2D eigenvalue weighted by molar-refractivity contribution is 14.0. The summed E-state index contributed by atoms with van der Waals surface area (Å²) in [6.45, 7) is 6.60. The van der Waals surface area contributed by atoms with Crippen molar-refractivity contribution in [1.82, 2.24) is 14.9 Å². The van der Waals surface area contributed by atoms with Gasteiger partial charge in [-0.25, -0.2) is 4.98 Å². The predicted molar refractivity (Wildman–Crippen MR) is 121 cm³/mol. The van der Waals surface area contributed by atoms with Crippen LogP contribution in [-0.2, 0) is 6.54 Å². The number of rotatable bonds is 9. The minimum atomic E-state index is 0. The van der Waals surface area contributed by atoms with Crippen LogP contribution >= 0.6 is 24.0 Å². The van der Waals surface area contributed by atoms with E-state index in [4.69, 9.17) is 9.47 Å². The summed E-state index contributed by atoms with van der Waals surface area (Å²) in [5.74, 6) is 3.20. The van der Waals surface area contributed by atoms with Crippen LogP contribution in [0.2, 0.25) is 0 Å². The van der Waals surface area contributed by atoms with Crippen LogP contribution in [0.15, 0.2) is 35.6 Å². The van der Waals surface area contributed by atoms with Gasteiger partial charge in [0.1, 0.15) is 5.82 Å². The van der Waals surface area contributed by atoms with E-state index in [1.54, 1.807) is 14.2 Å². The molecule has 0 saturated heterocycles. The third kappa shape index (κ3) is 7.28. The Balaban J connectivity index is 0.00000364. The van der Waals surface area contributed by atoms with Crippen LogP contribution in [0.1, 0.15) is 25.6 Å². The summed E-state index contributed by atoms with van der Waals surface area (Å²) in [7, 11) is 3.25. The van der Waals surface area contributed by atoms with Crippen molar-refractivity contribution in [2.45, 2.75) is 33.2 Å². The number of hydrogen-bond donors (Lipinski definition) is 2. The van der Waals surface area contributed by atoms with E-state index in [9.17, 15) is 0 Å². The van der Waals surface area contributed by atoms with E-state index >= 15 is 0 Å². The van der Waals surface area contributed by atoms with Crippen molar-refractivity contribution in [2.24, 2.45) is 4.99 Å². The van der Waals surface area contributed by atoms with Crippen LogP contribution < -0.4 is 20.1 Å². The van der Waals surface area contributed by atoms with Gasteiger partial charge < -0.3 is 24.7 Å². The molecule has 2 rings (SSSR count). The average molecular weight is 487 g/mol. The number of aromatic nitrogens is 2. The summed E-state index contributed by atoms with van der Waals surface area (Å²) in [4.78, 5) is 8.88. The lowest BCUT2D eigenvalue weighted by atomic mass is 10.2. The number of methoxy groups -OCH3 is 2. The van der Waals surface area contributed by atoms with E-state index in [0.717, 1.165) is 49.9 Å². The lowest BCUT2D eigenvalue weighted by Gasteiger charge is -2.14. The third-order valence-corrected chi connectivity index (χ3v) is 3.99. The Kier molecular flexibility index (Phi) is 10.6. The van der Waals surface area contributed by atoms with Crippen LogP contribution in [0.4, 0.5) is 5.69 Å². The van der Waals surface area contributed by atoms with Gasteiger partial charge in [0.2, 0.25) is 0 Å². The second-order valence-electron chi connectivity index (χ2n) is 5.83. The first-order chi connectivity index (χ1) is 12.7. The number of imidazole rings is 1. The summed E-state index contributed by atoms with van der Waals surface area (Å²) in [6.07, 6.45) is 5.93. The molecule has 0 atom stereocenters. The normalized spacial score (nSPS) is 10.9. The van der Waals surface area contributed by atoms with Crippen LogP contribution in [0, 0.1) is 6.92 Å². The zero-order chi connectivity index (χ0) is 18.8. The Labute approximate surface area is 178 Å². The molecule has 0 aliphatic heterocycles. The molecular formula is C19H30IN5O2. The molecule has 1 aromatic heterocycles. The molecule has 2 aromatic rings. The molecule has 8 heteroatoms. The number of anilines is 1. The zero-order valence-electron chi connectivity index (χ0n) is 16.5. The highest BCUT2D eigenvalue weighted by Crippen LogP contribution is 2.29. The largest absolute Gasteiger partial charge is 0.493 e. The molecule has 0 amide bonds. The van der Waals surface area contributed by atoms with Gasteiger partial charge in [-0.05, 0) is 38.8 Å². The molecule has 2 N–H and O–H groups in total. The maximum atomic E-state index is 5.34. The van der Waals surface area contributed by atoms with Crippen molar-refractivity contribution < 1.29 is 9.47 Å². The van der Waals surface area contributed by atoms with Gasteiger partial charge in [-0.2, -0.15) is 0 Å². The van der Waals surface area contributed by atoms with Crippen molar-refractivity contribution in [3.8, 4) is 11.5 Å². The smallest absolute Gasteiger partial charge is 0.195 e. The van der Waals surface area contributed by atoms with Crippen molar-refractivity contribution in [3.05, 3.63) is 36.4 Å². The van der Waals surface area contributed by atoms with Crippen LogP contribution in [-0.4, -0.2) is 42.8 Å². The second kappa shape index (κ2) is 12.4. The Morgan fingerprint density at radius 2 is 1.96 bits per heavy atom. The molecule has 0 aliphatic rings. The van der Waals surface area contributed by atoms with E-state index in [-0.39, 0.29) is 24.0 Å². The van der Waals surface area contributed by atoms with Crippen LogP contribution in [0.25, 0.3) is 0 Å². The van der Waals surface area contributed by atoms with Crippen molar-refractivity contribution in [2.75, 3.05) is 32.6 Å². The SMILES string of the molecule is CCNC(=NCCCCn1ccnc1C)Nc1ccc(OC)c(OC)c1.I. The lowest BCUT2D eigenvalue weighted by Crippen LogP contribution is -2.30. The van der Waals surface area contributed by atoms with Gasteiger partial charge in [0, 0.05) is 43.8 Å². The third-order valence-electron chi connectivity index (χ3n) is 3.99. The van der Waals surface area contributed by atoms with Gasteiger partial charge in [0.15, 0.2) is 17.5 Å². The molecule has 0 spiro atoms. The van der Waals surface area contributed by atoms with E-state index in [1.807, 2.05) is 44.4 Å². The Hall–Kier alpha value is -1.97. The maximum absolute atomic E-state index is 5.34. The fourth-order valence-electron chi connectivity index (χ4n) is 2.58. The molecule has 7 nitrogen and oxygen atoms in total. The van der Waals surface area contributed by atoms with Crippen molar-refractivity contribution in [3.63, 3.8) is 0 Å². The number of halogens is 1. The van der Waals surface area contributed by atoms with E-state index in [2.05, 4.69) is 25.2 Å². The summed E-state index contributed by atoms with van der Waals surface area (Å²) < 4.78 is 12.8. The van der Waals surface area contributed by atoms with Crippen molar-refractivity contribution >= 4 is 35.6 Å². The standard InChI is InChI=1S/C19H29N5O2.HI/c1-5-20-19(22-10-6-7-12-24-13-11-21-15(24)2)23-16-8-9-17(25-3)18(14-16)26-4;/h8-9,11,13-14H,5-7,10,12H2,1-4H3,(H2,20,22,23);1H. The van der Waals surface area contributed by atoms with Crippen LogP contribution in [0.3, 0.4) is 0 Å². The number of nitrogens with zero attached hydrogens (tertiary/aromatic N) is 3. The van der Waals surface area contributed by atoms with E-state index < -0.39 is 0 Å². The molecule has 0 fully saturated rings. The summed E-state index contributed by atoms with van der Waals surface area (Å²) in [6, 6.07) is 5.71. The fraction of sp³-hybridized carbons (Fsp3) is 0.474. The second-order valence-corrected chi connectivity index (χ2v) is 5.83. The lowest BCUT2D eigenvalue weighted by molar-refractivity contribution is 0.355. The van der Waals surface area contributed by atoms with Gasteiger partial charge in [-0.15, -0.1) is 24.0 Å². The van der Waals surface area contributed by atoms with Gasteiger partial charge in [-0.1, -0.05) is 0 Å². The monoisotopic (exact) mass is 487 g/mol. The first-order valence-corrected chi connectivity index (χ1v) is 8.93. The number of ether oxygens (including phenoxy) is 2. The number of hydrogen-bond acceptors (Lipinski definition) is 4. The molecule has 1 aromatic carbocycles. The summed E-state index contributed by atoms with van der Waals surface area (Å²) >= 11 is 0. The number of aryl methyl sites for hydroxylation is 2. The highest BCUT2D eigenvalue weighted by atomic mass is 127. The molecule has 0 aliphatic carbocycles. The first kappa shape index (κ1) is 23.1. The zero-order valence-corrected chi connectivity index (χ0v) is 18.8. The highest BCUT2D eigenvalue weighted by Gasteiger charge is 2.06. The number of benzene rings is 1. The summed E-state index contributed by atoms with van der Waals surface area (Å²) in [5, 5.41) is 6.57. The van der Waals surface area contributed by atoms with Gasteiger partial charge in [-0.3, -0.25) is 4.99 Å². The molecule has 0 unspecified atom stereocenters. The maximum Gasteiger partial charge on any atom is 0.195 e. The molecular weight excluding hydrogens is 457 g/mol. The number of guanidine groups is 1. The summed E-state index contributed by atoms with van der Waals surface area (Å²) in [5.41, 5.74) is 0.899. The molecule has 150 valence electrons. The Morgan fingerprint density at radius 3 is 2.59 bits per heavy atom. The van der Waals surface area contributed by atoms with Crippen molar-refractivity contribution in [1.29, 1.82) is 0 Å². The molecule has 0 bridgehead atoms. The Bertz CT molecular complexity index is 718. The quantitative estimate of drug-likeness (QED) is 0.244. The van der Waals surface area contributed by atoms with E-state index in [0.29, 0.717) is 11.5 Å². The average Bonchev–Trinajstić information content (AvgIpc) is 3.06. The number of nitrogens with one attached hydrogen (secondary N) is 2. The molecule has 27 heavy (non-hydrogen) atoms. The molecule has 0 radical (unpaired) electrons. The Morgan fingerprint density at radius 1 is 1.19 bits per heavy atom.